The summed E-state index contributed by atoms with van der Waals surface area (Å²) in [6.07, 6.45) is 0. The van der Waals surface area contributed by atoms with Gasteiger partial charge in [0.2, 0.25) is 0 Å². The van der Waals surface area contributed by atoms with Crippen molar-refractivity contribution in [1.29, 1.82) is 5.26 Å². The third-order valence-electron chi connectivity index (χ3n) is 2.03. The minimum atomic E-state index is -0.452. The zero-order valence-electron chi connectivity index (χ0n) is 8.79. The van der Waals surface area contributed by atoms with Crippen LogP contribution in [-0.4, -0.2) is 12.6 Å². The van der Waals surface area contributed by atoms with E-state index in [-0.39, 0.29) is 6.54 Å². The van der Waals surface area contributed by atoms with Gasteiger partial charge in [-0.25, -0.2) is 4.79 Å². The summed E-state index contributed by atoms with van der Waals surface area (Å²) < 4.78 is 5.52. The van der Waals surface area contributed by atoms with Crippen LogP contribution in [0.2, 0.25) is 0 Å². The molecule has 0 fully saturated rings. The predicted molar refractivity (Wildman–Crippen MR) is 62.7 cm³/mol. The molecule has 16 heavy (non-hydrogen) atoms. The molecule has 0 aliphatic rings. The van der Waals surface area contributed by atoms with Crippen molar-refractivity contribution in [2.75, 3.05) is 6.61 Å². The number of hydrogen-bond donors (Lipinski definition) is 1. The third-order valence-corrected chi connectivity index (χ3v) is 2.68. The Labute approximate surface area is 102 Å². The van der Waals surface area contributed by atoms with Gasteiger partial charge in [-0.1, -0.05) is 0 Å². The van der Waals surface area contributed by atoms with E-state index in [0.29, 0.717) is 27.8 Å². The van der Waals surface area contributed by atoms with E-state index in [1.54, 1.807) is 13.0 Å². The summed E-state index contributed by atoms with van der Waals surface area (Å²) in [7, 11) is 0. The number of nitriles is 1. The van der Waals surface area contributed by atoms with Gasteiger partial charge in [-0.2, -0.15) is 5.26 Å². The lowest BCUT2D eigenvalue weighted by atomic mass is 10.0. The van der Waals surface area contributed by atoms with E-state index in [2.05, 4.69) is 15.9 Å². The number of nitrogens with zero attached hydrogens (tertiary/aromatic N) is 1. The van der Waals surface area contributed by atoms with Crippen LogP contribution in [0.1, 0.15) is 28.4 Å². The lowest BCUT2D eigenvalue weighted by Gasteiger charge is -2.08. The molecule has 2 N–H and O–H groups in total. The molecule has 0 aromatic heterocycles. The minimum Gasteiger partial charge on any atom is -0.462 e. The first kappa shape index (κ1) is 12.7. The Morgan fingerprint density at radius 1 is 1.62 bits per heavy atom. The molecule has 0 spiro atoms. The summed E-state index contributed by atoms with van der Waals surface area (Å²) in [5.74, 6) is -0.452. The molecule has 0 bridgehead atoms. The number of halogens is 1. The van der Waals surface area contributed by atoms with Gasteiger partial charge in [0.25, 0.3) is 0 Å². The number of benzene rings is 1. The first-order valence-corrected chi connectivity index (χ1v) is 5.53. The van der Waals surface area contributed by atoms with Crippen LogP contribution >= 0.6 is 15.9 Å². The summed E-state index contributed by atoms with van der Waals surface area (Å²) in [6.45, 7) is 2.24. The molecule has 1 aromatic carbocycles. The normalized spacial score (nSPS) is 9.62. The average Bonchev–Trinajstić information content (AvgIpc) is 2.28. The van der Waals surface area contributed by atoms with Gasteiger partial charge in [0.05, 0.1) is 17.7 Å². The number of hydrogen-bond acceptors (Lipinski definition) is 4. The van der Waals surface area contributed by atoms with Gasteiger partial charge in [-0.3, -0.25) is 0 Å². The summed E-state index contributed by atoms with van der Waals surface area (Å²) in [6, 6.07) is 5.15. The van der Waals surface area contributed by atoms with Gasteiger partial charge in [0, 0.05) is 11.0 Å². The quantitative estimate of drug-likeness (QED) is 0.860. The SMILES string of the molecule is CCOC(=O)c1cc(C#N)c(Br)cc1CN. The number of ether oxygens (including phenoxy) is 1. The molecule has 0 aliphatic heterocycles. The summed E-state index contributed by atoms with van der Waals surface area (Å²) >= 11 is 3.24. The van der Waals surface area contributed by atoms with Crippen molar-refractivity contribution < 1.29 is 9.53 Å². The standard InChI is InChI=1S/C11H11BrN2O2/c1-2-16-11(15)9-3-8(6-14)10(12)4-7(9)5-13/h3-4H,2,5,13H2,1H3. The molecule has 4 nitrogen and oxygen atoms in total. The van der Waals surface area contributed by atoms with E-state index >= 15 is 0 Å². The Kier molecular flexibility index (Phi) is 4.47. The van der Waals surface area contributed by atoms with Gasteiger partial charge < -0.3 is 10.5 Å². The first-order valence-electron chi connectivity index (χ1n) is 4.73. The van der Waals surface area contributed by atoms with Crippen molar-refractivity contribution in [3.05, 3.63) is 33.3 Å². The molecule has 0 aliphatic carbocycles. The molecule has 0 amide bonds. The van der Waals surface area contributed by atoms with Crippen LogP contribution in [0.15, 0.2) is 16.6 Å². The van der Waals surface area contributed by atoms with E-state index in [4.69, 9.17) is 15.7 Å². The molecule has 84 valence electrons. The first-order chi connectivity index (χ1) is 7.63. The Bertz CT molecular complexity index is 452. The maximum absolute atomic E-state index is 11.6. The van der Waals surface area contributed by atoms with Crippen LogP contribution < -0.4 is 5.73 Å². The van der Waals surface area contributed by atoms with E-state index in [0.717, 1.165) is 0 Å². The van der Waals surface area contributed by atoms with Gasteiger partial charge >= 0.3 is 5.97 Å². The molecule has 0 atom stereocenters. The molecule has 0 heterocycles. The van der Waals surface area contributed by atoms with Crippen molar-refractivity contribution in [3.63, 3.8) is 0 Å². The molecule has 0 saturated carbocycles. The number of carbonyl (C=O) groups is 1. The Balaban J connectivity index is 3.26. The molecule has 5 heteroatoms. The second kappa shape index (κ2) is 5.64. The van der Waals surface area contributed by atoms with Gasteiger partial charge in [-0.15, -0.1) is 0 Å². The zero-order chi connectivity index (χ0) is 12.1. The maximum Gasteiger partial charge on any atom is 0.338 e. The number of nitrogens with two attached hydrogens (primary N) is 1. The molecular weight excluding hydrogens is 272 g/mol. The molecule has 1 aromatic rings. The van der Waals surface area contributed by atoms with Crippen molar-refractivity contribution in [2.45, 2.75) is 13.5 Å². The topological polar surface area (TPSA) is 76.1 Å². The Hall–Kier alpha value is -1.38. The van der Waals surface area contributed by atoms with E-state index in [1.807, 2.05) is 6.07 Å². The predicted octanol–water partition coefficient (Wildman–Crippen LogP) is 1.96. The summed E-state index contributed by atoms with van der Waals surface area (Å²) in [5, 5.41) is 8.85. The largest absolute Gasteiger partial charge is 0.462 e. The Morgan fingerprint density at radius 3 is 2.81 bits per heavy atom. The van der Waals surface area contributed by atoms with Crippen molar-refractivity contribution in [1.82, 2.24) is 0 Å². The van der Waals surface area contributed by atoms with Gasteiger partial charge in [0.1, 0.15) is 6.07 Å². The smallest absolute Gasteiger partial charge is 0.338 e. The van der Waals surface area contributed by atoms with Crippen LogP contribution in [-0.2, 0) is 11.3 Å². The van der Waals surface area contributed by atoms with Crippen LogP contribution in [0.3, 0.4) is 0 Å². The monoisotopic (exact) mass is 282 g/mol. The second-order valence-corrected chi connectivity index (χ2v) is 3.88. The summed E-state index contributed by atoms with van der Waals surface area (Å²) in [5.41, 5.74) is 6.93. The fraction of sp³-hybridized carbons (Fsp3) is 0.273. The van der Waals surface area contributed by atoms with E-state index < -0.39 is 5.97 Å². The van der Waals surface area contributed by atoms with Gasteiger partial charge in [0.15, 0.2) is 0 Å². The molecule has 0 radical (unpaired) electrons. The van der Waals surface area contributed by atoms with Crippen molar-refractivity contribution >= 4 is 21.9 Å². The fourth-order valence-electron chi connectivity index (χ4n) is 1.27. The van der Waals surface area contributed by atoms with Crippen molar-refractivity contribution in [2.24, 2.45) is 5.73 Å². The van der Waals surface area contributed by atoms with Crippen LogP contribution in [0, 0.1) is 11.3 Å². The maximum atomic E-state index is 11.6. The fourth-order valence-corrected chi connectivity index (χ4v) is 1.75. The molecule has 0 saturated heterocycles. The summed E-state index contributed by atoms with van der Waals surface area (Å²) in [4.78, 5) is 11.6. The Morgan fingerprint density at radius 2 is 2.31 bits per heavy atom. The van der Waals surface area contributed by atoms with Gasteiger partial charge in [-0.05, 0) is 40.5 Å². The lowest BCUT2D eigenvalue weighted by molar-refractivity contribution is 0.0525. The van der Waals surface area contributed by atoms with Crippen LogP contribution in [0.5, 0.6) is 0 Å². The minimum absolute atomic E-state index is 0.221. The number of esters is 1. The highest BCUT2D eigenvalue weighted by atomic mass is 79.9. The number of carbonyl (C=O) groups excluding carboxylic acids is 1. The highest BCUT2D eigenvalue weighted by molar-refractivity contribution is 9.10. The molecular formula is C11H11BrN2O2. The average molecular weight is 283 g/mol. The number of rotatable bonds is 3. The van der Waals surface area contributed by atoms with Crippen LogP contribution in [0.4, 0.5) is 0 Å². The van der Waals surface area contributed by atoms with E-state index in [9.17, 15) is 4.79 Å². The van der Waals surface area contributed by atoms with Crippen molar-refractivity contribution in [3.8, 4) is 6.07 Å². The molecule has 0 unspecified atom stereocenters. The van der Waals surface area contributed by atoms with Crippen LogP contribution in [0.25, 0.3) is 0 Å². The zero-order valence-corrected chi connectivity index (χ0v) is 10.4. The molecule has 1 rings (SSSR count). The second-order valence-electron chi connectivity index (χ2n) is 3.03. The third kappa shape index (κ3) is 2.60. The highest BCUT2D eigenvalue weighted by Gasteiger charge is 2.14. The lowest BCUT2D eigenvalue weighted by Crippen LogP contribution is -2.11. The van der Waals surface area contributed by atoms with E-state index in [1.165, 1.54) is 6.07 Å². The highest BCUT2D eigenvalue weighted by Crippen LogP contribution is 2.22.